The fourth-order valence-electron chi connectivity index (χ4n) is 2.77. The summed E-state index contributed by atoms with van der Waals surface area (Å²) in [6.45, 7) is 5.80. The van der Waals surface area contributed by atoms with E-state index >= 15 is 0 Å². The van der Waals surface area contributed by atoms with Crippen LogP contribution in [0, 0.1) is 0 Å². The normalized spacial score (nSPS) is 11.7. The highest BCUT2D eigenvalue weighted by Crippen LogP contribution is 2.38. The Bertz CT molecular complexity index is 996. The van der Waals surface area contributed by atoms with Gasteiger partial charge in [-0.05, 0) is 39.0 Å². The Morgan fingerprint density at radius 3 is 2.34 bits per heavy atom. The minimum atomic E-state index is -1.41. The van der Waals surface area contributed by atoms with Gasteiger partial charge in [-0.3, -0.25) is 9.59 Å². The van der Waals surface area contributed by atoms with Crippen LogP contribution in [0.5, 0.6) is 23.0 Å². The molecule has 1 unspecified atom stereocenters. The minimum absolute atomic E-state index is 0.233. The summed E-state index contributed by atoms with van der Waals surface area (Å²) in [5.41, 5.74) is 0.565. The lowest BCUT2D eigenvalue weighted by atomic mass is 10.2. The lowest BCUT2D eigenvalue weighted by Crippen LogP contribution is -2.32. The zero-order valence-electron chi connectivity index (χ0n) is 18.6. The average molecular weight is 464 g/mol. The Hall–Kier alpha value is -3.33. The topological polar surface area (TPSA) is 108 Å². The van der Waals surface area contributed by atoms with Crippen molar-refractivity contribution >= 4 is 34.7 Å². The molecule has 2 rings (SSSR count). The summed E-state index contributed by atoms with van der Waals surface area (Å²) in [5, 5.41) is 11.0. The minimum Gasteiger partial charge on any atom is -0.494 e. The van der Waals surface area contributed by atoms with Crippen LogP contribution >= 0.6 is 11.6 Å². The van der Waals surface area contributed by atoms with Crippen molar-refractivity contribution in [2.45, 2.75) is 26.8 Å². The highest BCUT2D eigenvalue weighted by atomic mass is 35.5. The number of halogens is 1. The van der Waals surface area contributed by atoms with Gasteiger partial charge in [-0.15, -0.1) is 0 Å². The number of ether oxygens (including phenoxy) is 4. The number of methoxy groups -OCH3 is 2. The molecule has 2 aromatic rings. The summed E-state index contributed by atoms with van der Waals surface area (Å²) in [7, 11) is 2.86. The first kappa shape index (κ1) is 24.9. The van der Waals surface area contributed by atoms with Gasteiger partial charge in [0.1, 0.15) is 17.2 Å². The van der Waals surface area contributed by atoms with Crippen LogP contribution in [0.15, 0.2) is 40.6 Å². The molecule has 0 radical (unpaired) electrons. The number of hydrogen-bond acceptors (Lipinski definition) is 8. The van der Waals surface area contributed by atoms with E-state index < -0.39 is 17.7 Å². The van der Waals surface area contributed by atoms with Gasteiger partial charge in [0.25, 0.3) is 5.91 Å². The molecular weight excluding hydrogens is 438 g/mol. The highest BCUT2D eigenvalue weighted by molar-refractivity contribution is 6.31. The smallest absolute Gasteiger partial charge is 0.258 e. The molecule has 0 aliphatic heterocycles. The van der Waals surface area contributed by atoms with E-state index in [1.807, 2.05) is 13.8 Å². The first-order valence-electron chi connectivity index (χ1n) is 9.87. The zero-order chi connectivity index (χ0) is 23.7. The average Bonchev–Trinajstić information content (AvgIpc) is 2.75. The molecule has 1 N–H and O–H groups in total. The molecular formula is C22H26ClN3O6. The maximum Gasteiger partial charge on any atom is 0.258 e. The third-order valence-electron chi connectivity index (χ3n) is 4.16. The summed E-state index contributed by atoms with van der Waals surface area (Å²) >= 11 is 6.09. The summed E-state index contributed by atoms with van der Waals surface area (Å²) in [6, 6.07) is 6.66. The Labute approximate surface area is 191 Å². The largest absolute Gasteiger partial charge is 0.494 e. The van der Waals surface area contributed by atoms with E-state index in [2.05, 4.69) is 15.5 Å². The lowest BCUT2D eigenvalue weighted by Gasteiger charge is -2.15. The summed E-state index contributed by atoms with van der Waals surface area (Å²) in [5.74, 6) is 0.381. The van der Waals surface area contributed by atoms with Crippen LogP contribution in [-0.2, 0) is 9.59 Å². The molecule has 0 aliphatic carbocycles. The molecule has 0 saturated heterocycles. The molecule has 32 heavy (non-hydrogen) atoms. The number of hydrogen-bond donors (Lipinski definition) is 1. The summed E-state index contributed by atoms with van der Waals surface area (Å²) in [6.07, 6.45) is 0. The third-order valence-corrected chi connectivity index (χ3v) is 4.38. The van der Waals surface area contributed by atoms with Gasteiger partial charge in [-0.1, -0.05) is 11.6 Å². The van der Waals surface area contributed by atoms with Gasteiger partial charge >= 0.3 is 0 Å². The highest BCUT2D eigenvalue weighted by Gasteiger charge is 2.25. The fraction of sp³-hybridized carbons (Fsp3) is 0.364. The van der Waals surface area contributed by atoms with Crippen LogP contribution in [0.4, 0.5) is 11.4 Å². The van der Waals surface area contributed by atoms with Crippen molar-refractivity contribution in [1.82, 2.24) is 0 Å². The van der Waals surface area contributed by atoms with Gasteiger partial charge in [-0.2, -0.15) is 10.2 Å². The maximum absolute atomic E-state index is 12.9. The molecule has 0 spiro atoms. The SMILES string of the molecule is CCOc1ccc(OCC)c(N=NC(C(C)=O)C(=O)Nc2cc(Cl)cc(OC)c2OC)c1. The van der Waals surface area contributed by atoms with Crippen molar-refractivity contribution in [3.05, 3.63) is 35.4 Å². The number of nitrogens with zero attached hydrogens (tertiary/aromatic N) is 2. The number of nitrogens with one attached hydrogen (secondary N) is 1. The van der Waals surface area contributed by atoms with Gasteiger partial charge in [0, 0.05) is 17.2 Å². The van der Waals surface area contributed by atoms with Gasteiger partial charge in [-0.25, -0.2) is 0 Å². The van der Waals surface area contributed by atoms with E-state index in [-0.39, 0.29) is 11.4 Å². The predicted octanol–water partition coefficient (Wildman–Crippen LogP) is 4.83. The van der Waals surface area contributed by atoms with Gasteiger partial charge in [0.05, 0.1) is 33.1 Å². The molecule has 2 aromatic carbocycles. The van der Waals surface area contributed by atoms with Crippen molar-refractivity contribution in [3.63, 3.8) is 0 Å². The number of anilines is 1. The first-order chi connectivity index (χ1) is 15.3. The van der Waals surface area contributed by atoms with Crippen molar-refractivity contribution < 1.29 is 28.5 Å². The third kappa shape index (κ3) is 6.34. The fourth-order valence-corrected chi connectivity index (χ4v) is 2.98. The van der Waals surface area contributed by atoms with Gasteiger partial charge < -0.3 is 24.3 Å². The number of carbonyl (C=O) groups excluding carboxylic acids is 2. The maximum atomic E-state index is 12.9. The van der Waals surface area contributed by atoms with Crippen LogP contribution in [0.25, 0.3) is 0 Å². The number of rotatable bonds is 11. The van der Waals surface area contributed by atoms with E-state index in [1.54, 1.807) is 24.3 Å². The second-order valence-corrected chi connectivity index (χ2v) is 6.84. The Kier molecular flexibility index (Phi) is 9.27. The Morgan fingerprint density at radius 2 is 1.75 bits per heavy atom. The molecule has 0 saturated carbocycles. The molecule has 9 nitrogen and oxygen atoms in total. The molecule has 0 aromatic heterocycles. The van der Waals surface area contributed by atoms with E-state index in [4.69, 9.17) is 30.5 Å². The number of carbonyl (C=O) groups is 2. The zero-order valence-corrected chi connectivity index (χ0v) is 19.4. The van der Waals surface area contributed by atoms with E-state index in [1.165, 1.54) is 27.2 Å². The molecule has 1 atom stereocenters. The molecule has 0 fully saturated rings. The van der Waals surface area contributed by atoms with Crippen LogP contribution < -0.4 is 24.3 Å². The number of azo groups is 1. The first-order valence-corrected chi connectivity index (χ1v) is 10.3. The molecule has 0 bridgehead atoms. The quantitative estimate of drug-likeness (QED) is 0.377. The second kappa shape index (κ2) is 11.9. The van der Waals surface area contributed by atoms with Crippen molar-refractivity contribution in [2.75, 3.05) is 32.8 Å². The molecule has 0 aliphatic rings. The van der Waals surface area contributed by atoms with Crippen molar-refractivity contribution in [1.29, 1.82) is 0 Å². The number of Topliss-reactive ketones (excluding diaryl/α,β-unsaturated/α-hetero) is 1. The molecule has 10 heteroatoms. The second-order valence-electron chi connectivity index (χ2n) is 6.40. The van der Waals surface area contributed by atoms with Crippen LogP contribution in [0.2, 0.25) is 5.02 Å². The van der Waals surface area contributed by atoms with E-state index in [9.17, 15) is 9.59 Å². The molecule has 0 heterocycles. The van der Waals surface area contributed by atoms with E-state index in [0.717, 1.165) is 0 Å². The summed E-state index contributed by atoms with van der Waals surface area (Å²) in [4.78, 5) is 25.0. The monoisotopic (exact) mass is 463 g/mol. The Balaban J connectivity index is 2.35. The Morgan fingerprint density at radius 1 is 1.03 bits per heavy atom. The molecule has 172 valence electrons. The van der Waals surface area contributed by atoms with Crippen LogP contribution in [0.3, 0.4) is 0 Å². The van der Waals surface area contributed by atoms with Crippen molar-refractivity contribution in [3.8, 4) is 23.0 Å². The molecule has 1 amide bonds. The number of ketones is 1. The summed E-state index contributed by atoms with van der Waals surface area (Å²) < 4.78 is 21.6. The number of amides is 1. The lowest BCUT2D eigenvalue weighted by molar-refractivity contribution is -0.126. The predicted molar refractivity (Wildman–Crippen MR) is 121 cm³/mol. The van der Waals surface area contributed by atoms with Gasteiger partial charge in [0.15, 0.2) is 17.3 Å². The van der Waals surface area contributed by atoms with Crippen LogP contribution in [-0.4, -0.2) is 45.2 Å². The van der Waals surface area contributed by atoms with Gasteiger partial charge in [0.2, 0.25) is 6.04 Å². The number of benzene rings is 2. The van der Waals surface area contributed by atoms with Crippen molar-refractivity contribution in [2.24, 2.45) is 10.2 Å². The van der Waals surface area contributed by atoms with Crippen LogP contribution in [0.1, 0.15) is 20.8 Å². The standard InChI is InChI=1S/C22H26ClN3O6/c1-6-31-15-8-9-18(32-7-2)16(12-15)25-26-20(13(3)27)22(28)24-17-10-14(23)11-19(29-4)21(17)30-5/h8-12,20H,6-7H2,1-5H3,(H,24,28). The van der Waals surface area contributed by atoms with E-state index in [0.29, 0.717) is 41.2 Å².